The van der Waals surface area contributed by atoms with Gasteiger partial charge in [-0.25, -0.2) is 4.79 Å². The molecule has 0 saturated heterocycles. The zero-order valence-corrected chi connectivity index (χ0v) is 17.0. The quantitative estimate of drug-likeness (QED) is 0.141. The Kier molecular flexibility index (Phi) is 11.9. The molecular weight excluding hydrogens is 408 g/mol. The SMILES string of the molecule is CC(C)C(NC(=O)C(N)CS)C(=O)NC(CO)C(=O)NC(CCC(=O)O)C(=O)O. The van der Waals surface area contributed by atoms with E-state index in [9.17, 15) is 29.1 Å². The maximum absolute atomic E-state index is 12.5. The van der Waals surface area contributed by atoms with Gasteiger partial charge in [0.05, 0.1) is 12.6 Å². The maximum atomic E-state index is 12.5. The normalized spacial score (nSPS) is 15.0. The van der Waals surface area contributed by atoms with Crippen LogP contribution >= 0.6 is 12.6 Å². The van der Waals surface area contributed by atoms with Crippen LogP contribution in [0.1, 0.15) is 26.7 Å². The molecule has 4 atom stereocenters. The van der Waals surface area contributed by atoms with Gasteiger partial charge in [0.15, 0.2) is 0 Å². The van der Waals surface area contributed by atoms with E-state index in [2.05, 4.69) is 28.6 Å². The smallest absolute Gasteiger partial charge is 0.326 e. The van der Waals surface area contributed by atoms with Gasteiger partial charge in [-0.2, -0.15) is 12.6 Å². The van der Waals surface area contributed by atoms with Crippen molar-refractivity contribution in [1.82, 2.24) is 16.0 Å². The van der Waals surface area contributed by atoms with Gasteiger partial charge in [0, 0.05) is 12.2 Å². The van der Waals surface area contributed by atoms with E-state index in [1.807, 2.05) is 0 Å². The van der Waals surface area contributed by atoms with E-state index in [0.717, 1.165) is 0 Å². The summed E-state index contributed by atoms with van der Waals surface area (Å²) in [6.07, 6.45) is -0.880. The molecule has 3 amide bonds. The van der Waals surface area contributed by atoms with Crippen molar-refractivity contribution in [2.45, 2.75) is 50.9 Å². The predicted molar refractivity (Wildman–Crippen MR) is 104 cm³/mol. The minimum atomic E-state index is -1.52. The Balaban J connectivity index is 5.12. The van der Waals surface area contributed by atoms with Crippen molar-refractivity contribution in [3.05, 3.63) is 0 Å². The van der Waals surface area contributed by atoms with Gasteiger partial charge < -0.3 is 37.0 Å². The number of thiol groups is 1. The summed E-state index contributed by atoms with van der Waals surface area (Å²) in [5, 5.41) is 33.9. The number of rotatable bonds is 13. The molecule has 12 nitrogen and oxygen atoms in total. The number of hydrogen-bond acceptors (Lipinski definition) is 8. The second-order valence-electron chi connectivity index (χ2n) is 6.59. The van der Waals surface area contributed by atoms with E-state index in [1.54, 1.807) is 13.8 Å². The highest BCUT2D eigenvalue weighted by molar-refractivity contribution is 7.80. The molecule has 0 aromatic carbocycles. The number of carboxylic acid groups (broad SMARTS) is 2. The number of aliphatic hydroxyl groups excluding tert-OH is 1. The van der Waals surface area contributed by atoms with Crippen LogP contribution < -0.4 is 21.7 Å². The van der Waals surface area contributed by atoms with Crippen molar-refractivity contribution in [2.24, 2.45) is 11.7 Å². The summed E-state index contributed by atoms with van der Waals surface area (Å²) in [7, 11) is 0. The molecule has 13 heteroatoms. The number of carboxylic acids is 2. The van der Waals surface area contributed by atoms with Crippen molar-refractivity contribution in [1.29, 1.82) is 0 Å². The molecule has 0 aromatic rings. The zero-order valence-electron chi connectivity index (χ0n) is 16.1. The van der Waals surface area contributed by atoms with E-state index in [1.165, 1.54) is 0 Å². The number of nitrogens with two attached hydrogens (primary N) is 1. The third kappa shape index (κ3) is 9.58. The Morgan fingerprint density at radius 3 is 1.90 bits per heavy atom. The molecule has 29 heavy (non-hydrogen) atoms. The summed E-state index contributed by atoms with van der Waals surface area (Å²) in [6, 6.07) is -5.04. The first-order valence-electron chi connectivity index (χ1n) is 8.77. The molecule has 8 N–H and O–H groups in total. The van der Waals surface area contributed by atoms with Crippen molar-refractivity contribution in [2.75, 3.05) is 12.4 Å². The lowest BCUT2D eigenvalue weighted by atomic mass is 10.0. The number of hydrogen-bond donors (Lipinski definition) is 8. The van der Waals surface area contributed by atoms with Gasteiger partial charge in [-0.15, -0.1) is 0 Å². The number of amides is 3. The van der Waals surface area contributed by atoms with Crippen LogP contribution in [0.15, 0.2) is 0 Å². The molecule has 0 aromatic heterocycles. The van der Waals surface area contributed by atoms with Crippen molar-refractivity contribution >= 4 is 42.3 Å². The first kappa shape index (κ1) is 26.6. The Labute approximate surface area is 173 Å². The lowest BCUT2D eigenvalue weighted by molar-refractivity contribution is -0.143. The Morgan fingerprint density at radius 2 is 1.48 bits per heavy atom. The average Bonchev–Trinajstić information content (AvgIpc) is 2.65. The van der Waals surface area contributed by atoms with Crippen LogP contribution in [0.5, 0.6) is 0 Å². The first-order valence-corrected chi connectivity index (χ1v) is 9.40. The number of aliphatic hydroxyl groups is 1. The Hall–Kier alpha value is -2.38. The molecule has 0 saturated carbocycles. The van der Waals surface area contributed by atoms with Crippen LogP contribution in [0.2, 0.25) is 0 Å². The lowest BCUT2D eigenvalue weighted by Gasteiger charge is -2.26. The molecule has 0 bridgehead atoms. The number of nitrogens with one attached hydrogen (secondary N) is 3. The third-order valence-electron chi connectivity index (χ3n) is 3.86. The summed E-state index contributed by atoms with van der Waals surface area (Å²) in [5.41, 5.74) is 5.55. The summed E-state index contributed by atoms with van der Waals surface area (Å²) in [4.78, 5) is 58.4. The third-order valence-corrected chi connectivity index (χ3v) is 4.25. The molecular formula is C16H28N4O8S. The van der Waals surface area contributed by atoms with Gasteiger partial charge in [-0.05, 0) is 12.3 Å². The van der Waals surface area contributed by atoms with Gasteiger partial charge in [0.1, 0.15) is 18.1 Å². The second-order valence-corrected chi connectivity index (χ2v) is 6.96. The Bertz CT molecular complexity index is 616. The second kappa shape index (κ2) is 13.0. The van der Waals surface area contributed by atoms with Crippen LogP contribution in [0.4, 0.5) is 0 Å². The van der Waals surface area contributed by atoms with Crippen LogP contribution in [-0.2, 0) is 24.0 Å². The van der Waals surface area contributed by atoms with Gasteiger partial charge in [0.25, 0.3) is 0 Å². The predicted octanol–water partition coefficient (Wildman–Crippen LogP) is -2.70. The fourth-order valence-corrected chi connectivity index (χ4v) is 2.30. The standard InChI is InChI=1S/C16H28N4O8S/c1-7(2)12(20-13(24)8(17)6-29)15(26)19-10(5-21)14(25)18-9(16(27)28)3-4-11(22)23/h7-10,12,21,29H,3-6,17H2,1-2H3,(H,18,25)(H,19,26)(H,20,24)(H,22,23)(H,27,28). The zero-order chi connectivity index (χ0) is 22.7. The van der Waals surface area contributed by atoms with Crippen LogP contribution in [0, 0.1) is 5.92 Å². The number of carbonyl (C=O) groups is 5. The Morgan fingerprint density at radius 1 is 0.931 bits per heavy atom. The highest BCUT2D eigenvalue weighted by atomic mass is 32.1. The fourth-order valence-electron chi connectivity index (χ4n) is 2.13. The van der Waals surface area contributed by atoms with Gasteiger partial charge in [-0.1, -0.05) is 13.8 Å². The van der Waals surface area contributed by atoms with Gasteiger partial charge >= 0.3 is 11.9 Å². The molecule has 0 aliphatic heterocycles. The minimum Gasteiger partial charge on any atom is -0.481 e. The molecule has 0 aliphatic carbocycles. The van der Waals surface area contributed by atoms with E-state index >= 15 is 0 Å². The first-order chi connectivity index (χ1) is 13.4. The molecule has 4 unspecified atom stereocenters. The fraction of sp³-hybridized carbons (Fsp3) is 0.688. The maximum Gasteiger partial charge on any atom is 0.326 e. The summed E-state index contributed by atoms with van der Waals surface area (Å²) < 4.78 is 0. The van der Waals surface area contributed by atoms with E-state index in [4.69, 9.17) is 15.9 Å². The van der Waals surface area contributed by atoms with E-state index in [0.29, 0.717) is 0 Å². The highest BCUT2D eigenvalue weighted by Crippen LogP contribution is 2.04. The van der Waals surface area contributed by atoms with Crippen molar-refractivity contribution in [3.63, 3.8) is 0 Å². The molecule has 166 valence electrons. The lowest BCUT2D eigenvalue weighted by Crippen LogP contribution is -2.59. The topological polar surface area (TPSA) is 208 Å². The van der Waals surface area contributed by atoms with Crippen molar-refractivity contribution < 1.29 is 39.3 Å². The number of carbonyl (C=O) groups excluding carboxylic acids is 3. The van der Waals surface area contributed by atoms with Crippen LogP contribution in [-0.4, -0.2) is 81.5 Å². The largest absolute Gasteiger partial charge is 0.481 e. The van der Waals surface area contributed by atoms with Gasteiger partial charge in [0.2, 0.25) is 17.7 Å². The molecule has 0 radical (unpaired) electrons. The monoisotopic (exact) mass is 436 g/mol. The molecule has 0 heterocycles. The van der Waals surface area contributed by atoms with Crippen molar-refractivity contribution in [3.8, 4) is 0 Å². The molecule has 0 rings (SSSR count). The van der Waals surface area contributed by atoms with E-state index < -0.39 is 72.8 Å². The van der Waals surface area contributed by atoms with Gasteiger partial charge in [-0.3, -0.25) is 19.2 Å². The molecule has 0 spiro atoms. The molecule has 0 fully saturated rings. The summed E-state index contributed by atoms with van der Waals surface area (Å²) in [5.74, 6) is -5.48. The average molecular weight is 436 g/mol. The minimum absolute atomic E-state index is 0.0485. The summed E-state index contributed by atoms with van der Waals surface area (Å²) in [6.45, 7) is 2.42. The van der Waals surface area contributed by atoms with Crippen LogP contribution in [0.25, 0.3) is 0 Å². The summed E-state index contributed by atoms with van der Waals surface area (Å²) >= 11 is 3.90. The van der Waals surface area contributed by atoms with Crippen LogP contribution in [0.3, 0.4) is 0 Å². The number of aliphatic carboxylic acids is 2. The van der Waals surface area contributed by atoms with E-state index in [-0.39, 0.29) is 12.2 Å². The highest BCUT2D eigenvalue weighted by Gasteiger charge is 2.31. The molecule has 0 aliphatic rings.